The Morgan fingerprint density at radius 2 is 1.80 bits per heavy atom. The van der Waals surface area contributed by atoms with Gasteiger partial charge in [-0.15, -0.1) is 0 Å². The molecule has 0 aromatic carbocycles. The number of nitrogens with one attached hydrogen (secondary N) is 1. The zero-order valence-corrected chi connectivity index (χ0v) is 9.56. The minimum absolute atomic E-state index is 0.194. The van der Waals surface area contributed by atoms with Crippen LogP contribution in [-0.4, -0.2) is 34.0 Å². The van der Waals surface area contributed by atoms with Gasteiger partial charge in [-0.05, 0) is 19.3 Å². The highest BCUT2D eigenvalue weighted by molar-refractivity contribution is 7.94. The zero-order chi connectivity index (χ0) is 11.7. The van der Waals surface area contributed by atoms with E-state index in [1.165, 1.54) is 0 Å². The molecule has 1 aliphatic rings. The standard InChI is InChI=1S/C6H10N2O5S2/c1-14(10,11)6(3-2-4-6)8-15(12,13)7-5-9/h8H,2-4H2,1H3. The first-order valence-electron chi connectivity index (χ1n) is 4.05. The van der Waals surface area contributed by atoms with E-state index in [-0.39, 0.29) is 12.8 Å². The highest BCUT2D eigenvalue weighted by Gasteiger charge is 2.49. The molecule has 1 fully saturated rings. The molecule has 0 aromatic rings. The molecule has 1 N–H and O–H groups in total. The molecule has 0 saturated heterocycles. The number of hydrogen-bond acceptors (Lipinski definition) is 5. The van der Waals surface area contributed by atoms with Crippen molar-refractivity contribution in [1.82, 2.24) is 4.72 Å². The van der Waals surface area contributed by atoms with Crippen LogP contribution in [0.4, 0.5) is 0 Å². The summed E-state index contributed by atoms with van der Waals surface area (Å²) >= 11 is 0. The molecule has 0 aromatic heterocycles. The molecule has 7 nitrogen and oxygen atoms in total. The summed E-state index contributed by atoms with van der Waals surface area (Å²) in [6.07, 6.45) is 2.80. The van der Waals surface area contributed by atoms with E-state index in [9.17, 15) is 21.6 Å². The molecule has 1 aliphatic carbocycles. The summed E-state index contributed by atoms with van der Waals surface area (Å²) in [5.74, 6) is 0. The van der Waals surface area contributed by atoms with Crippen molar-refractivity contribution in [2.24, 2.45) is 4.40 Å². The van der Waals surface area contributed by atoms with Crippen LogP contribution in [0.2, 0.25) is 0 Å². The van der Waals surface area contributed by atoms with Crippen LogP contribution in [0.3, 0.4) is 0 Å². The van der Waals surface area contributed by atoms with Gasteiger partial charge in [-0.25, -0.2) is 13.2 Å². The van der Waals surface area contributed by atoms with Crippen molar-refractivity contribution in [3.63, 3.8) is 0 Å². The molecular formula is C6H10N2O5S2. The maximum atomic E-state index is 11.4. The summed E-state index contributed by atoms with van der Waals surface area (Å²) in [6.45, 7) is 0. The van der Waals surface area contributed by atoms with Gasteiger partial charge in [-0.3, -0.25) is 0 Å². The van der Waals surface area contributed by atoms with Gasteiger partial charge in [-0.2, -0.15) is 13.1 Å². The maximum absolute atomic E-state index is 11.4. The van der Waals surface area contributed by atoms with Crippen LogP contribution < -0.4 is 4.72 Å². The molecule has 15 heavy (non-hydrogen) atoms. The Morgan fingerprint density at radius 3 is 2.07 bits per heavy atom. The van der Waals surface area contributed by atoms with E-state index in [1.54, 1.807) is 0 Å². The fourth-order valence-electron chi connectivity index (χ4n) is 1.35. The molecular weight excluding hydrogens is 244 g/mol. The Kier molecular flexibility index (Phi) is 3.01. The van der Waals surface area contributed by atoms with Gasteiger partial charge in [0.05, 0.1) is 0 Å². The Balaban J connectivity index is 3.03. The molecule has 9 heteroatoms. The average Bonchev–Trinajstić information content (AvgIpc) is 1.94. The Morgan fingerprint density at radius 1 is 1.27 bits per heavy atom. The molecule has 0 unspecified atom stereocenters. The van der Waals surface area contributed by atoms with Crippen LogP contribution in [0.15, 0.2) is 4.40 Å². The number of nitrogens with zero attached hydrogens (tertiary/aromatic N) is 1. The average molecular weight is 254 g/mol. The Bertz CT molecular complexity index is 496. The molecule has 1 saturated carbocycles. The van der Waals surface area contributed by atoms with Crippen LogP contribution in [0.5, 0.6) is 0 Å². The second kappa shape index (κ2) is 3.67. The van der Waals surface area contributed by atoms with Gasteiger partial charge >= 0.3 is 10.2 Å². The van der Waals surface area contributed by atoms with Crippen molar-refractivity contribution in [2.45, 2.75) is 24.1 Å². The monoisotopic (exact) mass is 254 g/mol. The number of isocyanates is 1. The van der Waals surface area contributed by atoms with E-state index in [1.807, 2.05) is 4.72 Å². The Hall–Kier alpha value is -0.760. The lowest BCUT2D eigenvalue weighted by Gasteiger charge is -2.39. The van der Waals surface area contributed by atoms with Crippen LogP contribution in [0, 0.1) is 0 Å². The third-order valence-corrected chi connectivity index (χ3v) is 5.37. The minimum atomic E-state index is -4.26. The SMILES string of the molecule is CS(=O)(=O)C1(NS(=O)(=O)N=C=O)CCC1. The van der Waals surface area contributed by atoms with Crippen LogP contribution >= 0.6 is 0 Å². The smallest absolute Gasteiger partial charge is 0.227 e. The van der Waals surface area contributed by atoms with Crippen molar-refractivity contribution in [3.05, 3.63) is 0 Å². The first-order chi connectivity index (χ1) is 6.72. The first kappa shape index (κ1) is 12.3. The lowest BCUT2D eigenvalue weighted by Crippen LogP contribution is -2.57. The normalized spacial score (nSPS) is 20.1. The van der Waals surface area contributed by atoms with E-state index in [0.29, 0.717) is 6.42 Å². The molecule has 0 heterocycles. The van der Waals surface area contributed by atoms with E-state index in [2.05, 4.69) is 4.40 Å². The second-order valence-corrected chi connectivity index (χ2v) is 7.04. The fourth-order valence-corrected chi connectivity index (χ4v) is 4.12. The van der Waals surface area contributed by atoms with Crippen molar-refractivity contribution in [2.75, 3.05) is 6.26 Å². The zero-order valence-electron chi connectivity index (χ0n) is 7.93. The Labute approximate surface area is 87.7 Å². The third kappa shape index (κ3) is 2.43. The summed E-state index contributed by atoms with van der Waals surface area (Å²) in [7, 11) is -7.82. The predicted octanol–water partition coefficient (Wildman–Crippen LogP) is -0.919. The van der Waals surface area contributed by atoms with Gasteiger partial charge in [0.25, 0.3) is 6.08 Å². The van der Waals surface area contributed by atoms with Crippen molar-refractivity contribution in [3.8, 4) is 0 Å². The van der Waals surface area contributed by atoms with Crippen molar-refractivity contribution < 1.29 is 21.6 Å². The minimum Gasteiger partial charge on any atom is -0.227 e. The lowest BCUT2D eigenvalue weighted by molar-refractivity contribution is 0.319. The van der Waals surface area contributed by atoms with Gasteiger partial charge in [-0.1, -0.05) is 4.40 Å². The van der Waals surface area contributed by atoms with E-state index >= 15 is 0 Å². The van der Waals surface area contributed by atoms with Crippen LogP contribution in [0.1, 0.15) is 19.3 Å². The summed E-state index contributed by atoms with van der Waals surface area (Å²) in [5.41, 5.74) is 0. The van der Waals surface area contributed by atoms with Crippen LogP contribution in [-0.2, 0) is 24.8 Å². The van der Waals surface area contributed by atoms with Gasteiger partial charge in [0.15, 0.2) is 9.84 Å². The molecule has 86 valence electrons. The number of sulfone groups is 1. The summed E-state index contributed by atoms with van der Waals surface area (Å²) in [6, 6.07) is 0. The van der Waals surface area contributed by atoms with Crippen LogP contribution in [0.25, 0.3) is 0 Å². The first-order valence-corrected chi connectivity index (χ1v) is 7.38. The summed E-state index contributed by atoms with van der Waals surface area (Å²) in [4.78, 5) is 8.31. The highest BCUT2D eigenvalue weighted by Crippen LogP contribution is 2.37. The van der Waals surface area contributed by atoms with E-state index < -0.39 is 24.9 Å². The highest BCUT2D eigenvalue weighted by atomic mass is 32.2. The number of carbonyl (C=O) groups excluding carboxylic acids is 1. The quantitative estimate of drug-likeness (QED) is 0.515. The van der Waals surface area contributed by atoms with E-state index in [0.717, 1.165) is 12.3 Å². The third-order valence-electron chi connectivity index (χ3n) is 2.34. The molecule has 0 spiro atoms. The molecule has 0 bridgehead atoms. The van der Waals surface area contributed by atoms with Gasteiger partial charge in [0.2, 0.25) is 0 Å². The summed E-state index contributed by atoms with van der Waals surface area (Å²) < 4.78 is 49.3. The van der Waals surface area contributed by atoms with Crippen molar-refractivity contribution >= 4 is 26.1 Å². The molecule has 0 atom stereocenters. The fraction of sp³-hybridized carbons (Fsp3) is 0.833. The molecule has 0 radical (unpaired) electrons. The topological polar surface area (TPSA) is 110 Å². The predicted molar refractivity (Wildman–Crippen MR) is 51.6 cm³/mol. The maximum Gasteiger partial charge on any atom is 0.331 e. The number of hydrogen-bond donors (Lipinski definition) is 1. The van der Waals surface area contributed by atoms with E-state index in [4.69, 9.17) is 0 Å². The second-order valence-electron chi connectivity index (χ2n) is 3.38. The van der Waals surface area contributed by atoms with Gasteiger partial charge < -0.3 is 0 Å². The summed E-state index contributed by atoms with van der Waals surface area (Å²) in [5, 5.41) is 0. The lowest BCUT2D eigenvalue weighted by atomic mass is 9.93. The number of rotatable bonds is 4. The largest absolute Gasteiger partial charge is 0.331 e. The van der Waals surface area contributed by atoms with Gasteiger partial charge in [0.1, 0.15) is 4.87 Å². The molecule has 1 rings (SSSR count). The molecule has 0 amide bonds. The molecule has 0 aliphatic heterocycles. The van der Waals surface area contributed by atoms with Crippen molar-refractivity contribution in [1.29, 1.82) is 0 Å². The van der Waals surface area contributed by atoms with Gasteiger partial charge in [0, 0.05) is 6.26 Å².